The van der Waals surface area contributed by atoms with Gasteiger partial charge in [0.1, 0.15) is 5.60 Å². The van der Waals surface area contributed by atoms with Gasteiger partial charge in [-0.05, 0) is 13.8 Å². The van der Waals surface area contributed by atoms with E-state index in [0.717, 1.165) is 7.11 Å². The summed E-state index contributed by atoms with van der Waals surface area (Å²) < 4.78 is 29.7. The van der Waals surface area contributed by atoms with Crippen molar-refractivity contribution >= 4 is 10.4 Å². The van der Waals surface area contributed by atoms with Gasteiger partial charge in [-0.1, -0.05) is 5.92 Å². The Hall–Kier alpha value is -0.570. The van der Waals surface area contributed by atoms with Crippen LogP contribution in [0.3, 0.4) is 0 Å². The summed E-state index contributed by atoms with van der Waals surface area (Å²) in [5.74, 6) is 2.15. The monoisotopic (exact) mass is 178 g/mol. The third-order valence-corrected chi connectivity index (χ3v) is 1.89. The van der Waals surface area contributed by atoms with E-state index in [-0.39, 0.29) is 0 Å². The maximum Gasteiger partial charge on any atom is 0.401 e. The topological polar surface area (TPSA) is 52.6 Å². The van der Waals surface area contributed by atoms with Crippen molar-refractivity contribution in [2.24, 2.45) is 0 Å². The lowest BCUT2D eigenvalue weighted by molar-refractivity contribution is 0.145. The van der Waals surface area contributed by atoms with Crippen LogP contribution in [0.5, 0.6) is 0 Å². The Morgan fingerprint density at radius 2 is 1.91 bits per heavy atom. The lowest BCUT2D eigenvalue weighted by atomic mass is 10.2. The van der Waals surface area contributed by atoms with Crippen LogP contribution in [0, 0.1) is 12.3 Å². The minimum absolute atomic E-state index is 1.00. The van der Waals surface area contributed by atoms with Crippen molar-refractivity contribution in [3.05, 3.63) is 0 Å². The Kier molecular flexibility index (Phi) is 3.05. The normalized spacial score (nSPS) is 12.5. The van der Waals surface area contributed by atoms with Crippen LogP contribution in [-0.2, 0) is 18.8 Å². The van der Waals surface area contributed by atoms with Crippen LogP contribution in [0.25, 0.3) is 0 Å². The van der Waals surface area contributed by atoms with Gasteiger partial charge in [0.15, 0.2) is 0 Å². The van der Waals surface area contributed by atoms with Crippen LogP contribution in [0.2, 0.25) is 0 Å². The molecule has 0 radical (unpaired) electrons. The van der Waals surface area contributed by atoms with Crippen molar-refractivity contribution in [2.75, 3.05) is 7.11 Å². The molecule has 0 bridgehead atoms. The van der Waals surface area contributed by atoms with Gasteiger partial charge in [-0.2, -0.15) is 8.42 Å². The Morgan fingerprint density at radius 1 is 1.45 bits per heavy atom. The van der Waals surface area contributed by atoms with Crippen molar-refractivity contribution < 1.29 is 16.8 Å². The highest BCUT2D eigenvalue weighted by Gasteiger charge is 2.23. The summed E-state index contributed by atoms with van der Waals surface area (Å²) in [6.45, 7) is 2.90. The quantitative estimate of drug-likeness (QED) is 0.583. The molecule has 4 nitrogen and oxygen atoms in total. The second-order valence-electron chi connectivity index (χ2n) is 2.31. The molecule has 0 aliphatic heterocycles. The zero-order valence-corrected chi connectivity index (χ0v) is 7.44. The maximum absolute atomic E-state index is 10.6. The van der Waals surface area contributed by atoms with E-state index in [1.807, 2.05) is 0 Å². The molecule has 0 aliphatic carbocycles. The highest BCUT2D eigenvalue weighted by molar-refractivity contribution is 7.81. The molecule has 0 rings (SSSR count). The Balaban J connectivity index is 4.42. The summed E-state index contributed by atoms with van der Waals surface area (Å²) in [5.41, 5.74) is -1.16. The van der Waals surface area contributed by atoms with Crippen molar-refractivity contribution in [3.63, 3.8) is 0 Å². The summed E-state index contributed by atoms with van der Waals surface area (Å²) in [7, 11) is -2.93. The first-order valence-electron chi connectivity index (χ1n) is 2.82. The first kappa shape index (κ1) is 10.4. The van der Waals surface area contributed by atoms with Crippen LogP contribution < -0.4 is 0 Å². The van der Waals surface area contributed by atoms with Gasteiger partial charge in [0, 0.05) is 0 Å². The van der Waals surface area contributed by atoms with E-state index in [1.54, 1.807) is 0 Å². The van der Waals surface area contributed by atoms with Crippen LogP contribution in [0.4, 0.5) is 0 Å². The maximum atomic E-state index is 10.6. The number of hydrogen-bond acceptors (Lipinski definition) is 4. The van der Waals surface area contributed by atoms with Crippen LogP contribution in [-0.4, -0.2) is 21.1 Å². The molecule has 0 N–H and O–H groups in total. The number of terminal acetylenes is 1. The van der Waals surface area contributed by atoms with Gasteiger partial charge < -0.3 is 0 Å². The Morgan fingerprint density at radius 3 is 2.18 bits per heavy atom. The molecule has 64 valence electrons. The van der Waals surface area contributed by atoms with Gasteiger partial charge in [-0.25, -0.2) is 4.18 Å². The second-order valence-corrected chi connectivity index (χ2v) is 3.63. The summed E-state index contributed by atoms with van der Waals surface area (Å²) >= 11 is 0. The molecule has 5 heteroatoms. The molecular formula is C6H10O4S. The molecule has 0 saturated heterocycles. The minimum Gasteiger partial charge on any atom is -0.252 e. The Bertz CT molecular complexity index is 257. The fourth-order valence-corrected chi connectivity index (χ4v) is 0.940. The molecular weight excluding hydrogens is 168 g/mol. The van der Waals surface area contributed by atoms with Crippen LogP contribution >= 0.6 is 0 Å². The molecule has 0 fully saturated rings. The summed E-state index contributed by atoms with van der Waals surface area (Å²) in [5, 5.41) is 0. The van der Waals surface area contributed by atoms with E-state index in [2.05, 4.69) is 14.3 Å². The summed E-state index contributed by atoms with van der Waals surface area (Å²) in [6.07, 6.45) is 4.97. The number of hydrogen-bond donors (Lipinski definition) is 0. The zero-order chi connectivity index (χ0) is 9.12. The van der Waals surface area contributed by atoms with Crippen molar-refractivity contribution in [1.29, 1.82) is 0 Å². The van der Waals surface area contributed by atoms with Crippen molar-refractivity contribution in [1.82, 2.24) is 0 Å². The lowest BCUT2D eigenvalue weighted by Gasteiger charge is -2.15. The predicted molar refractivity (Wildman–Crippen MR) is 39.9 cm³/mol. The fourth-order valence-electron chi connectivity index (χ4n) is 0.313. The molecule has 0 heterocycles. The molecule has 0 unspecified atom stereocenters. The average Bonchev–Trinajstić information content (AvgIpc) is 1.86. The van der Waals surface area contributed by atoms with Crippen molar-refractivity contribution in [2.45, 2.75) is 19.4 Å². The van der Waals surface area contributed by atoms with Crippen LogP contribution in [0.15, 0.2) is 0 Å². The van der Waals surface area contributed by atoms with Gasteiger partial charge in [0.05, 0.1) is 7.11 Å². The van der Waals surface area contributed by atoms with E-state index in [9.17, 15) is 8.42 Å². The molecule has 0 spiro atoms. The predicted octanol–water partition coefficient (Wildman–Crippen LogP) is 0.306. The average molecular weight is 178 g/mol. The second kappa shape index (κ2) is 3.22. The highest BCUT2D eigenvalue weighted by atomic mass is 32.3. The van der Waals surface area contributed by atoms with E-state index in [1.165, 1.54) is 13.8 Å². The lowest BCUT2D eigenvalue weighted by Crippen LogP contribution is -2.26. The molecule has 0 aromatic rings. The summed E-state index contributed by atoms with van der Waals surface area (Å²) in [6, 6.07) is 0. The number of rotatable bonds is 3. The van der Waals surface area contributed by atoms with E-state index >= 15 is 0 Å². The molecule has 0 saturated carbocycles. The van der Waals surface area contributed by atoms with E-state index in [4.69, 9.17) is 6.42 Å². The molecule has 0 amide bonds. The van der Waals surface area contributed by atoms with Gasteiger partial charge >= 0.3 is 10.4 Å². The SMILES string of the molecule is C#CC(C)(C)OS(=O)(=O)OC. The Labute approximate surface area is 66.8 Å². The molecule has 0 aromatic carbocycles. The molecule has 11 heavy (non-hydrogen) atoms. The third kappa shape index (κ3) is 3.98. The van der Waals surface area contributed by atoms with E-state index in [0.29, 0.717) is 0 Å². The smallest absolute Gasteiger partial charge is 0.252 e. The van der Waals surface area contributed by atoms with Crippen LogP contribution in [0.1, 0.15) is 13.8 Å². The molecule has 0 aliphatic rings. The highest BCUT2D eigenvalue weighted by Crippen LogP contribution is 2.11. The van der Waals surface area contributed by atoms with E-state index < -0.39 is 16.0 Å². The first-order valence-corrected chi connectivity index (χ1v) is 4.15. The first-order chi connectivity index (χ1) is 4.83. The third-order valence-electron chi connectivity index (χ3n) is 0.862. The largest absolute Gasteiger partial charge is 0.401 e. The standard InChI is InChI=1S/C6H10O4S/c1-5-6(2,3)10-11(7,8)9-4/h1H,2-4H3. The van der Waals surface area contributed by atoms with Gasteiger partial charge in [-0.15, -0.1) is 6.42 Å². The summed E-state index contributed by atoms with van der Waals surface area (Å²) in [4.78, 5) is 0. The van der Waals surface area contributed by atoms with Gasteiger partial charge in [-0.3, -0.25) is 4.18 Å². The fraction of sp³-hybridized carbons (Fsp3) is 0.667. The van der Waals surface area contributed by atoms with Crippen molar-refractivity contribution in [3.8, 4) is 12.3 Å². The van der Waals surface area contributed by atoms with Gasteiger partial charge in [0.2, 0.25) is 0 Å². The molecule has 0 aromatic heterocycles. The minimum atomic E-state index is -3.93. The molecule has 0 atom stereocenters. The van der Waals surface area contributed by atoms with Gasteiger partial charge in [0.25, 0.3) is 0 Å². The zero-order valence-electron chi connectivity index (χ0n) is 6.62.